The second-order valence-electron chi connectivity index (χ2n) is 5.07. The monoisotopic (exact) mass is 277 g/mol. The molecule has 0 aliphatic heterocycles. The van der Waals surface area contributed by atoms with Gasteiger partial charge in [0, 0.05) is 25.8 Å². The standard InChI is InChI=1S/C15H23N3O2/c1-5-11(2)16-15(20)17-13-8-6-12(7-9-13)10-14(19)18(3)4/h6-9,11H,5,10H2,1-4H3,(H2,16,17,20). The van der Waals surface area contributed by atoms with Gasteiger partial charge in [-0.3, -0.25) is 4.79 Å². The largest absolute Gasteiger partial charge is 0.349 e. The third kappa shape index (κ3) is 5.30. The van der Waals surface area contributed by atoms with E-state index in [1.165, 1.54) is 0 Å². The topological polar surface area (TPSA) is 61.4 Å². The smallest absolute Gasteiger partial charge is 0.319 e. The first-order valence-electron chi connectivity index (χ1n) is 6.79. The van der Waals surface area contributed by atoms with Crippen LogP contribution in [0.5, 0.6) is 0 Å². The van der Waals surface area contributed by atoms with Crippen molar-refractivity contribution in [3.63, 3.8) is 0 Å². The molecule has 2 N–H and O–H groups in total. The van der Waals surface area contributed by atoms with Gasteiger partial charge in [0.1, 0.15) is 0 Å². The van der Waals surface area contributed by atoms with Crippen LogP contribution in [0.25, 0.3) is 0 Å². The van der Waals surface area contributed by atoms with Crippen LogP contribution < -0.4 is 10.6 Å². The van der Waals surface area contributed by atoms with Gasteiger partial charge < -0.3 is 15.5 Å². The van der Waals surface area contributed by atoms with Gasteiger partial charge in [0.25, 0.3) is 0 Å². The molecule has 110 valence electrons. The van der Waals surface area contributed by atoms with Crippen LogP contribution in [0.3, 0.4) is 0 Å². The summed E-state index contributed by atoms with van der Waals surface area (Å²) in [6, 6.07) is 7.23. The zero-order chi connectivity index (χ0) is 15.1. The lowest BCUT2D eigenvalue weighted by Gasteiger charge is -2.13. The number of carbonyl (C=O) groups is 2. The van der Waals surface area contributed by atoms with Crippen LogP contribution in [-0.2, 0) is 11.2 Å². The summed E-state index contributed by atoms with van der Waals surface area (Å²) in [5, 5.41) is 5.59. The predicted octanol–water partition coefficient (Wildman–Crippen LogP) is 2.24. The molecule has 1 aromatic rings. The van der Waals surface area contributed by atoms with Crippen molar-refractivity contribution in [2.45, 2.75) is 32.7 Å². The molecule has 0 bridgehead atoms. The maximum Gasteiger partial charge on any atom is 0.319 e. The summed E-state index contributed by atoms with van der Waals surface area (Å²) in [6.07, 6.45) is 1.26. The molecule has 1 rings (SSSR count). The van der Waals surface area contributed by atoms with Gasteiger partial charge in [-0.15, -0.1) is 0 Å². The second kappa shape index (κ2) is 7.53. The van der Waals surface area contributed by atoms with Crippen LogP contribution in [0.1, 0.15) is 25.8 Å². The Morgan fingerprint density at radius 3 is 2.30 bits per heavy atom. The van der Waals surface area contributed by atoms with Crippen molar-refractivity contribution in [2.24, 2.45) is 0 Å². The zero-order valence-electron chi connectivity index (χ0n) is 12.6. The van der Waals surface area contributed by atoms with E-state index in [-0.39, 0.29) is 18.0 Å². The van der Waals surface area contributed by atoms with E-state index >= 15 is 0 Å². The van der Waals surface area contributed by atoms with Crippen molar-refractivity contribution in [3.8, 4) is 0 Å². The molecule has 0 aliphatic rings. The number of rotatable bonds is 5. The van der Waals surface area contributed by atoms with Crippen LogP contribution in [0, 0.1) is 0 Å². The zero-order valence-corrected chi connectivity index (χ0v) is 12.6. The minimum absolute atomic E-state index is 0.0558. The van der Waals surface area contributed by atoms with E-state index < -0.39 is 0 Å². The minimum atomic E-state index is -0.212. The van der Waals surface area contributed by atoms with Crippen molar-refractivity contribution in [2.75, 3.05) is 19.4 Å². The lowest BCUT2D eigenvalue weighted by atomic mass is 10.1. The highest BCUT2D eigenvalue weighted by atomic mass is 16.2. The maximum atomic E-state index is 11.7. The van der Waals surface area contributed by atoms with Gasteiger partial charge >= 0.3 is 6.03 Å². The van der Waals surface area contributed by atoms with E-state index in [1.54, 1.807) is 31.1 Å². The lowest BCUT2D eigenvalue weighted by Crippen LogP contribution is -2.35. The molecule has 0 radical (unpaired) electrons. The van der Waals surface area contributed by atoms with E-state index in [0.717, 1.165) is 12.0 Å². The highest BCUT2D eigenvalue weighted by molar-refractivity contribution is 5.89. The van der Waals surface area contributed by atoms with E-state index in [0.29, 0.717) is 12.1 Å². The minimum Gasteiger partial charge on any atom is -0.349 e. The summed E-state index contributed by atoms with van der Waals surface area (Å²) in [6.45, 7) is 3.97. The highest BCUT2D eigenvalue weighted by Crippen LogP contribution is 2.10. The van der Waals surface area contributed by atoms with Gasteiger partial charge in [0.2, 0.25) is 5.91 Å². The molecule has 1 aromatic carbocycles. The average molecular weight is 277 g/mol. The normalized spacial score (nSPS) is 11.6. The molecule has 0 fully saturated rings. The molecule has 5 nitrogen and oxygen atoms in total. The molecule has 0 saturated carbocycles. The molecule has 20 heavy (non-hydrogen) atoms. The van der Waals surface area contributed by atoms with Gasteiger partial charge in [-0.25, -0.2) is 4.79 Å². The summed E-state index contributed by atoms with van der Waals surface area (Å²) in [5.41, 5.74) is 1.64. The first kappa shape index (κ1) is 16.0. The fourth-order valence-corrected chi connectivity index (χ4v) is 1.53. The Kier molecular flexibility index (Phi) is 6.03. The van der Waals surface area contributed by atoms with Crippen LogP contribution in [-0.4, -0.2) is 37.0 Å². The van der Waals surface area contributed by atoms with Crippen LogP contribution >= 0.6 is 0 Å². The number of carbonyl (C=O) groups excluding carboxylic acids is 2. The Balaban J connectivity index is 2.54. The Hall–Kier alpha value is -2.04. The van der Waals surface area contributed by atoms with Crippen LogP contribution in [0.4, 0.5) is 10.5 Å². The van der Waals surface area contributed by atoms with Crippen molar-refractivity contribution >= 4 is 17.6 Å². The number of nitrogens with zero attached hydrogens (tertiary/aromatic N) is 1. The number of anilines is 1. The Labute approximate surface area is 120 Å². The van der Waals surface area contributed by atoms with Gasteiger partial charge in [0.05, 0.1) is 6.42 Å². The number of benzene rings is 1. The Morgan fingerprint density at radius 2 is 1.80 bits per heavy atom. The van der Waals surface area contributed by atoms with Gasteiger partial charge in [0.15, 0.2) is 0 Å². The fraction of sp³-hybridized carbons (Fsp3) is 0.467. The number of nitrogens with one attached hydrogen (secondary N) is 2. The quantitative estimate of drug-likeness (QED) is 0.867. The summed E-state index contributed by atoms with van der Waals surface area (Å²) in [4.78, 5) is 24.8. The van der Waals surface area contributed by atoms with Gasteiger partial charge in [-0.2, -0.15) is 0 Å². The lowest BCUT2D eigenvalue weighted by molar-refractivity contribution is -0.127. The molecule has 5 heteroatoms. The second-order valence-corrected chi connectivity index (χ2v) is 5.07. The van der Waals surface area contributed by atoms with Crippen molar-refractivity contribution < 1.29 is 9.59 Å². The summed E-state index contributed by atoms with van der Waals surface area (Å²) in [5.74, 6) is 0.0558. The SMILES string of the molecule is CCC(C)NC(=O)Nc1ccc(CC(=O)N(C)C)cc1. The number of hydrogen-bond donors (Lipinski definition) is 2. The predicted molar refractivity (Wildman–Crippen MR) is 80.7 cm³/mol. The molecule has 1 atom stereocenters. The third-order valence-electron chi connectivity index (χ3n) is 3.06. The first-order valence-corrected chi connectivity index (χ1v) is 6.79. The fourth-order valence-electron chi connectivity index (χ4n) is 1.53. The molecular formula is C15H23N3O2. The first-order chi connectivity index (χ1) is 9.42. The van der Waals surface area contributed by atoms with Crippen molar-refractivity contribution in [1.82, 2.24) is 10.2 Å². The third-order valence-corrected chi connectivity index (χ3v) is 3.06. The van der Waals surface area contributed by atoms with E-state index in [9.17, 15) is 9.59 Å². The average Bonchev–Trinajstić information content (AvgIpc) is 2.40. The molecule has 0 aromatic heterocycles. The number of likely N-dealkylation sites (N-methyl/N-ethyl adjacent to an activating group) is 1. The highest BCUT2D eigenvalue weighted by Gasteiger charge is 2.07. The molecule has 0 saturated heterocycles. The van der Waals surface area contributed by atoms with Crippen LogP contribution in [0.15, 0.2) is 24.3 Å². The van der Waals surface area contributed by atoms with Gasteiger partial charge in [-0.05, 0) is 31.0 Å². The van der Waals surface area contributed by atoms with E-state index in [2.05, 4.69) is 10.6 Å². The van der Waals surface area contributed by atoms with Crippen molar-refractivity contribution in [3.05, 3.63) is 29.8 Å². The molecule has 0 aliphatic carbocycles. The van der Waals surface area contributed by atoms with Crippen molar-refractivity contribution in [1.29, 1.82) is 0 Å². The summed E-state index contributed by atoms with van der Waals surface area (Å²) < 4.78 is 0. The molecule has 3 amide bonds. The number of hydrogen-bond acceptors (Lipinski definition) is 2. The van der Waals surface area contributed by atoms with Crippen LogP contribution in [0.2, 0.25) is 0 Å². The Bertz CT molecular complexity index is 455. The van der Waals surface area contributed by atoms with E-state index in [4.69, 9.17) is 0 Å². The molecule has 0 heterocycles. The molecule has 0 spiro atoms. The number of amides is 3. The summed E-state index contributed by atoms with van der Waals surface area (Å²) >= 11 is 0. The molecular weight excluding hydrogens is 254 g/mol. The number of urea groups is 1. The van der Waals surface area contributed by atoms with Gasteiger partial charge in [-0.1, -0.05) is 19.1 Å². The Morgan fingerprint density at radius 1 is 1.20 bits per heavy atom. The van der Waals surface area contributed by atoms with E-state index in [1.807, 2.05) is 26.0 Å². The summed E-state index contributed by atoms with van der Waals surface area (Å²) in [7, 11) is 3.47. The molecule has 1 unspecified atom stereocenters. The maximum absolute atomic E-state index is 11.7.